The van der Waals surface area contributed by atoms with Crippen LogP contribution in [0.5, 0.6) is 0 Å². The van der Waals surface area contributed by atoms with Crippen LogP contribution in [0.1, 0.15) is 6.42 Å². The van der Waals surface area contributed by atoms with E-state index in [1.807, 2.05) is 0 Å². The van der Waals surface area contributed by atoms with Crippen molar-refractivity contribution in [2.24, 2.45) is 0 Å². The number of methoxy groups -OCH3 is 1. The number of nitro groups is 1. The van der Waals surface area contributed by atoms with Gasteiger partial charge in [-0.15, -0.1) is 11.8 Å². The monoisotopic (exact) mass is 390 g/mol. The maximum absolute atomic E-state index is 12.6. The van der Waals surface area contributed by atoms with Crippen molar-refractivity contribution in [1.82, 2.24) is 4.31 Å². The number of hydrogen-bond donors (Lipinski definition) is 0. The second-order valence-corrected chi connectivity index (χ2v) is 8.15. The number of hydrogen-bond acceptors (Lipinski definition) is 8. The van der Waals surface area contributed by atoms with Crippen LogP contribution in [0.15, 0.2) is 28.0 Å². The Kier molecular flexibility index (Phi) is 6.76. The molecule has 1 fully saturated rings. The molecule has 9 nitrogen and oxygen atoms in total. The van der Waals surface area contributed by atoms with Crippen molar-refractivity contribution in [3.8, 4) is 0 Å². The fourth-order valence-electron chi connectivity index (χ4n) is 2.20. The van der Waals surface area contributed by atoms with Gasteiger partial charge in [0.1, 0.15) is 0 Å². The maximum atomic E-state index is 12.6. The normalized spacial score (nSPS) is 15.7. The molecule has 0 aromatic heterocycles. The van der Waals surface area contributed by atoms with E-state index in [1.165, 1.54) is 23.5 Å². The first-order valence-electron chi connectivity index (χ1n) is 7.42. The topological polar surface area (TPSA) is 116 Å². The molecule has 1 saturated heterocycles. The highest BCUT2D eigenvalue weighted by molar-refractivity contribution is 7.99. The molecule has 1 aromatic rings. The first-order valence-corrected chi connectivity index (χ1v) is 9.85. The van der Waals surface area contributed by atoms with Crippen molar-refractivity contribution in [1.29, 1.82) is 0 Å². The lowest BCUT2D eigenvalue weighted by Crippen LogP contribution is -2.40. The molecule has 0 unspecified atom stereocenters. The highest BCUT2D eigenvalue weighted by Crippen LogP contribution is 2.32. The fraction of sp³-hybridized carbons (Fsp3) is 0.500. The van der Waals surface area contributed by atoms with E-state index in [9.17, 15) is 23.3 Å². The third kappa shape index (κ3) is 4.91. The molecule has 11 heteroatoms. The molecule has 0 atom stereocenters. The molecule has 0 radical (unpaired) electrons. The van der Waals surface area contributed by atoms with E-state index in [0.29, 0.717) is 23.9 Å². The molecule has 25 heavy (non-hydrogen) atoms. The number of carbonyl (C=O) groups is 1. The number of nitro benzene ring substituents is 1. The molecule has 1 aliphatic rings. The lowest BCUT2D eigenvalue weighted by atomic mass is 10.3. The molecule has 1 aromatic carbocycles. The minimum Gasteiger partial charge on any atom is -0.469 e. The Balaban J connectivity index is 2.22. The summed E-state index contributed by atoms with van der Waals surface area (Å²) >= 11 is 1.10. The molecule has 1 aliphatic heterocycles. The third-order valence-corrected chi connectivity index (χ3v) is 6.49. The van der Waals surface area contributed by atoms with Crippen molar-refractivity contribution >= 4 is 33.4 Å². The van der Waals surface area contributed by atoms with Gasteiger partial charge in [0.05, 0.1) is 41.5 Å². The number of thioether (sulfide) groups is 1. The van der Waals surface area contributed by atoms with Crippen molar-refractivity contribution in [2.45, 2.75) is 16.2 Å². The Hall–Kier alpha value is -1.69. The highest BCUT2D eigenvalue weighted by Gasteiger charge is 2.28. The largest absolute Gasteiger partial charge is 0.469 e. The average Bonchev–Trinajstić information content (AvgIpc) is 2.62. The van der Waals surface area contributed by atoms with Crippen molar-refractivity contribution in [3.63, 3.8) is 0 Å². The zero-order valence-corrected chi connectivity index (χ0v) is 15.2. The highest BCUT2D eigenvalue weighted by atomic mass is 32.2. The summed E-state index contributed by atoms with van der Waals surface area (Å²) in [6, 6.07) is 3.80. The number of esters is 1. The van der Waals surface area contributed by atoms with Crippen LogP contribution in [0.2, 0.25) is 0 Å². The third-order valence-electron chi connectivity index (χ3n) is 3.53. The molecule has 2 rings (SSSR count). The Labute approximate surface area is 149 Å². The van der Waals surface area contributed by atoms with E-state index >= 15 is 0 Å². The van der Waals surface area contributed by atoms with E-state index < -0.39 is 20.9 Å². The molecule has 0 bridgehead atoms. The molecule has 0 aliphatic carbocycles. The fourth-order valence-corrected chi connectivity index (χ4v) is 4.57. The second kappa shape index (κ2) is 8.61. The number of ether oxygens (including phenoxy) is 2. The second-order valence-electron chi connectivity index (χ2n) is 5.08. The van der Waals surface area contributed by atoms with Crippen LogP contribution >= 0.6 is 11.8 Å². The van der Waals surface area contributed by atoms with Gasteiger partial charge in [-0.25, -0.2) is 8.42 Å². The number of nitrogens with zero attached hydrogens (tertiary/aromatic N) is 2. The molecule has 138 valence electrons. The summed E-state index contributed by atoms with van der Waals surface area (Å²) in [5.74, 6) is -0.120. The molecular formula is C14H18N2O7S2. The van der Waals surface area contributed by atoms with Gasteiger partial charge in [0, 0.05) is 24.9 Å². The van der Waals surface area contributed by atoms with Crippen LogP contribution in [-0.4, -0.2) is 62.8 Å². The standard InChI is InChI=1S/C14H18N2O7S2/c1-22-14(17)4-9-24-13-3-2-11(10-12(13)16(18)19)25(20,21)15-5-7-23-8-6-15/h2-3,10H,4-9H2,1H3. The smallest absolute Gasteiger partial charge is 0.306 e. The Bertz CT molecular complexity index is 746. The average molecular weight is 390 g/mol. The zero-order chi connectivity index (χ0) is 18.4. The molecule has 0 amide bonds. The minimum absolute atomic E-state index is 0.103. The van der Waals surface area contributed by atoms with Crippen LogP contribution < -0.4 is 0 Å². The van der Waals surface area contributed by atoms with Crippen LogP contribution in [0.4, 0.5) is 5.69 Å². The van der Waals surface area contributed by atoms with Crippen LogP contribution in [0, 0.1) is 10.1 Å². The predicted octanol–water partition coefficient (Wildman–Crippen LogP) is 1.27. The van der Waals surface area contributed by atoms with E-state index in [-0.39, 0.29) is 30.1 Å². The molecular weight excluding hydrogens is 372 g/mol. The SMILES string of the molecule is COC(=O)CCSc1ccc(S(=O)(=O)N2CCOCC2)cc1[N+](=O)[O-]. The van der Waals surface area contributed by atoms with Gasteiger partial charge in [0.2, 0.25) is 10.0 Å². The molecule has 1 heterocycles. The van der Waals surface area contributed by atoms with Gasteiger partial charge in [-0.3, -0.25) is 14.9 Å². The van der Waals surface area contributed by atoms with Gasteiger partial charge in [-0.1, -0.05) is 0 Å². The molecule has 0 N–H and O–H groups in total. The summed E-state index contributed by atoms with van der Waals surface area (Å²) in [4.78, 5) is 22.0. The number of rotatable bonds is 7. The van der Waals surface area contributed by atoms with Gasteiger partial charge in [-0.2, -0.15) is 4.31 Å². The van der Waals surface area contributed by atoms with Crippen molar-refractivity contribution in [2.75, 3.05) is 39.2 Å². The van der Waals surface area contributed by atoms with Gasteiger partial charge < -0.3 is 9.47 Å². The first kappa shape index (κ1) is 19.6. The number of morpholine rings is 1. The minimum atomic E-state index is -3.81. The quantitative estimate of drug-likeness (QED) is 0.296. The summed E-state index contributed by atoms with van der Waals surface area (Å²) in [5, 5.41) is 11.3. The molecule has 0 spiro atoms. The van der Waals surface area contributed by atoms with Crippen molar-refractivity contribution < 1.29 is 27.6 Å². The van der Waals surface area contributed by atoms with Gasteiger partial charge in [-0.05, 0) is 12.1 Å². The van der Waals surface area contributed by atoms with Gasteiger partial charge in [0.15, 0.2) is 0 Å². The lowest BCUT2D eigenvalue weighted by Gasteiger charge is -2.26. The van der Waals surface area contributed by atoms with Crippen molar-refractivity contribution in [3.05, 3.63) is 28.3 Å². The lowest BCUT2D eigenvalue weighted by molar-refractivity contribution is -0.388. The van der Waals surface area contributed by atoms with Gasteiger partial charge >= 0.3 is 5.97 Å². The summed E-state index contributed by atoms with van der Waals surface area (Å²) in [6.45, 7) is 1.02. The summed E-state index contributed by atoms with van der Waals surface area (Å²) in [6.07, 6.45) is 0.103. The van der Waals surface area contributed by atoms with E-state index in [2.05, 4.69) is 4.74 Å². The zero-order valence-electron chi connectivity index (χ0n) is 13.5. The summed E-state index contributed by atoms with van der Waals surface area (Å²) in [7, 11) is -2.54. The Morgan fingerprint density at radius 2 is 2.08 bits per heavy atom. The van der Waals surface area contributed by atoms with E-state index in [0.717, 1.165) is 17.8 Å². The number of carbonyl (C=O) groups excluding carboxylic acids is 1. The summed E-state index contributed by atoms with van der Waals surface area (Å²) in [5.41, 5.74) is -0.302. The predicted molar refractivity (Wildman–Crippen MR) is 90.0 cm³/mol. The Morgan fingerprint density at radius 1 is 1.40 bits per heavy atom. The van der Waals surface area contributed by atoms with Crippen LogP contribution in [-0.2, 0) is 24.3 Å². The van der Waals surface area contributed by atoms with Crippen LogP contribution in [0.3, 0.4) is 0 Å². The van der Waals surface area contributed by atoms with E-state index in [4.69, 9.17) is 4.74 Å². The Morgan fingerprint density at radius 3 is 2.68 bits per heavy atom. The number of sulfonamides is 1. The van der Waals surface area contributed by atoms with E-state index in [1.54, 1.807) is 0 Å². The molecule has 0 saturated carbocycles. The van der Waals surface area contributed by atoms with Crippen LogP contribution in [0.25, 0.3) is 0 Å². The van der Waals surface area contributed by atoms with Gasteiger partial charge in [0.25, 0.3) is 5.69 Å². The number of benzene rings is 1. The first-order chi connectivity index (χ1) is 11.9. The maximum Gasteiger partial charge on any atom is 0.306 e. The summed E-state index contributed by atoms with van der Waals surface area (Å²) < 4.78 is 36.1.